The summed E-state index contributed by atoms with van der Waals surface area (Å²) >= 11 is 0. The Morgan fingerprint density at radius 3 is 2.49 bits per heavy atom. The third-order valence-electron chi connectivity index (χ3n) is 5.66. The van der Waals surface area contributed by atoms with Crippen LogP contribution in [0, 0.1) is 19.7 Å². The van der Waals surface area contributed by atoms with Crippen LogP contribution in [0.1, 0.15) is 73.4 Å². The number of rotatable bonds is 10. The second-order valence-electron chi connectivity index (χ2n) is 8.37. The first-order chi connectivity index (χ1) is 18.6. The van der Waals surface area contributed by atoms with Crippen LogP contribution in [-0.4, -0.2) is 54.2 Å². The highest BCUT2D eigenvalue weighted by Gasteiger charge is 2.26. The summed E-state index contributed by atoms with van der Waals surface area (Å²) < 4.78 is 19.2. The molecule has 1 aliphatic rings. The average molecular weight is 545 g/mol. The maximum absolute atomic E-state index is 13.7. The van der Waals surface area contributed by atoms with Gasteiger partial charge in [-0.25, -0.2) is 4.39 Å². The highest BCUT2D eigenvalue weighted by molar-refractivity contribution is 6.34. The summed E-state index contributed by atoms with van der Waals surface area (Å²) in [5, 5.41) is 17.2. The number of anilines is 1. The molecule has 2 heterocycles. The molecule has 10 heteroatoms. The molecule has 1 unspecified atom stereocenters. The molecule has 3 rings (SSSR count). The first-order valence-corrected chi connectivity index (χ1v) is 13.0. The number of carboxylic acids is 1. The minimum Gasteiger partial charge on any atom is -0.481 e. The summed E-state index contributed by atoms with van der Waals surface area (Å²) in [6.45, 7) is 11.9. The van der Waals surface area contributed by atoms with Gasteiger partial charge < -0.3 is 30.8 Å². The number of allylic oxidation sites excluding steroid dienone is 1. The summed E-state index contributed by atoms with van der Waals surface area (Å²) in [4.78, 5) is 39.2. The number of ether oxygens (including phenoxy) is 1. The minimum absolute atomic E-state index is 0.0510. The maximum atomic E-state index is 13.7. The van der Waals surface area contributed by atoms with E-state index in [4.69, 9.17) is 9.84 Å². The number of amides is 2. The predicted molar refractivity (Wildman–Crippen MR) is 153 cm³/mol. The van der Waals surface area contributed by atoms with Gasteiger partial charge in [0.05, 0.1) is 17.2 Å². The van der Waals surface area contributed by atoms with Gasteiger partial charge >= 0.3 is 5.97 Å². The predicted octanol–water partition coefficient (Wildman–Crippen LogP) is 5.03. The standard InChI is InChI=1S/C23H26FN3O5.C4H9N.C2H6/c1-4-32-15(6-8-20(28)29)11-25-23(31)21-12(2)19(26-13(21)3)10-17-16-9-14(24)5-7-18(16)27-22(17)30;1-3-4-5-2;1-2/h5,7,9-10,15,26H,4,6,8,11H2,1-3H3,(H,25,31)(H,27,30)(H,28,29);3-5H,1-2H3;1-2H3/b17-10-;4-3+;. The lowest BCUT2D eigenvalue weighted by atomic mass is 10.0. The number of carbonyl (C=O) groups is 3. The van der Waals surface area contributed by atoms with Gasteiger partial charge in [-0.1, -0.05) is 19.9 Å². The summed E-state index contributed by atoms with van der Waals surface area (Å²) in [6, 6.07) is 4.08. The van der Waals surface area contributed by atoms with Crippen molar-refractivity contribution in [1.29, 1.82) is 0 Å². The van der Waals surface area contributed by atoms with E-state index in [-0.39, 0.29) is 31.2 Å². The molecule has 1 aromatic heterocycles. The zero-order valence-electron chi connectivity index (χ0n) is 23.8. The van der Waals surface area contributed by atoms with Crippen molar-refractivity contribution in [2.75, 3.05) is 25.5 Å². The Balaban J connectivity index is 0.000000975. The topological polar surface area (TPSA) is 133 Å². The first-order valence-electron chi connectivity index (χ1n) is 13.0. The monoisotopic (exact) mass is 544 g/mol. The van der Waals surface area contributed by atoms with Gasteiger partial charge in [-0.05, 0) is 70.2 Å². The maximum Gasteiger partial charge on any atom is 0.303 e. The van der Waals surface area contributed by atoms with Crippen LogP contribution in [-0.2, 0) is 14.3 Å². The van der Waals surface area contributed by atoms with Crippen molar-refractivity contribution < 1.29 is 28.6 Å². The van der Waals surface area contributed by atoms with Gasteiger partial charge in [0.25, 0.3) is 11.8 Å². The molecule has 9 nitrogen and oxygen atoms in total. The molecule has 1 aromatic carbocycles. The van der Waals surface area contributed by atoms with E-state index in [2.05, 4.69) is 20.9 Å². The van der Waals surface area contributed by atoms with Gasteiger partial charge in [0, 0.05) is 49.3 Å². The second kappa shape index (κ2) is 16.8. The highest BCUT2D eigenvalue weighted by atomic mass is 19.1. The van der Waals surface area contributed by atoms with Crippen LogP contribution < -0.4 is 16.0 Å². The number of fused-ring (bicyclic) bond motifs is 1. The fraction of sp³-hybridized carbons (Fsp3) is 0.414. The Labute approximate surface area is 229 Å². The van der Waals surface area contributed by atoms with Crippen molar-refractivity contribution in [3.05, 3.63) is 64.4 Å². The largest absolute Gasteiger partial charge is 0.481 e. The number of H-pyrrole nitrogens is 1. The molecule has 0 spiro atoms. The molecule has 2 aromatic rings. The van der Waals surface area contributed by atoms with Gasteiger partial charge in [-0.2, -0.15) is 0 Å². The molecular formula is C29H41FN4O5. The van der Waals surface area contributed by atoms with Gasteiger partial charge in [-0.3, -0.25) is 14.4 Å². The van der Waals surface area contributed by atoms with Crippen LogP contribution in [0.2, 0.25) is 0 Å². The number of carboxylic acid groups (broad SMARTS) is 1. The van der Waals surface area contributed by atoms with Crippen molar-refractivity contribution in [1.82, 2.24) is 15.6 Å². The van der Waals surface area contributed by atoms with Crippen molar-refractivity contribution in [3.63, 3.8) is 0 Å². The Morgan fingerprint density at radius 2 is 1.92 bits per heavy atom. The van der Waals surface area contributed by atoms with Crippen LogP contribution in [0.25, 0.3) is 11.6 Å². The first kappa shape index (κ1) is 33.1. The van der Waals surface area contributed by atoms with E-state index in [9.17, 15) is 18.8 Å². The van der Waals surface area contributed by atoms with Crippen LogP contribution >= 0.6 is 0 Å². The smallest absolute Gasteiger partial charge is 0.303 e. The number of carbonyl (C=O) groups excluding carboxylic acids is 2. The zero-order valence-corrected chi connectivity index (χ0v) is 23.8. The van der Waals surface area contributed by atoms with E-state index < -0.39 is 17.9 Å². The van der Waals surface area contributed by atoms with Gasteiger partial charge in [0.15, 0.2) is 0 Å². The third kappa shape index (κ3) is 9.72. The quantitative estimate of drug-likeness (QED) is 0.267. The number of aromatic amines is 1. The third-order valence-corrected chi connectivity index (χ3v) is 5.66. The van der Waals surface area contributed by atoms with Crippen molar-refractivity contribution >= 4 is 35.1 Å². The molecule has 0 saturated carbocycles. The number of hydrogen-bond donors (Lipinski definition) is 5. The SMILES string of the molecule is C/C=C/NC.CC.CCOC(CCC(=O)O)CNC(=O)c1c(C)[nH]c(/C=C2\C(=O)Nc3ccc(F)cc32)c1C. The molecule has 0 aliphatic carbocycles. The average Bonchev–Trinajstić information content (AvgIpc) is 3.36. The molecule has 39 heavy (non-hydrogen) atoms. The summed E-state index contributed by atoms with van der Waals surface area (Å²) in [7, 11) is 1.88. The molecule has 0 fully saturated rings. The number of nitrogens with one attached hydrogen (secondary N) is 4. The van der Waals surface area contributed by atoms with Crippen LogP contribution in [0.3, 0.4) is 0 Å². The van der Waals surface area contributed by atoms with E-state index in [1.54, 1.807) is 26.8 Å². The molecule has 1 atom stereocenters. The summed E-state index contributed by atoms with van der Waals surface area (Å²) in [6.07, 6.45) is 5.26. The molecule has 0 saturated heterocycles. The van der Waals surface area contributed by atoms with Crippen LogP contribution in [0.15, 0.2) is 30.5 Å². The molecule has 5 N–H and O–H groups in total. The molecule has 2 amide bonds. The van der Waals surface area contributed by atoms with Crippen molar-refractivity contribution in [2.24, 2.45) is 0 Å². The number of aliphatic carboxylic acids is 1. The number of aromatic nitrogens is 1. The van der Waals surface area contributed by atoms with Crippen molar-refractivity contribution in [3.8, 4) is 0 Å². The normalized spacial score (nSPS) is 13.5. The highest BCUT2D eigenvalue weighted by Crippen LogP contribution is 2.34. The second-order valence-corrected chi connectivity index (χ2v) is 8.37. The number of hydrogen-bond acceptors (Lipinski definition) is 5. The lowest BCUT2D eigenvalue weighted by Gasteiger charge is -2.17. The molecular weight excluding hydrogens is 503 g/mol. The Kier molecular flexibility index (Phi) is 14.3. The van der Waals surface area contributed by atoms with Crippen molar-refractivity contribution in [2.45, 2.75) is 60.5 Å². The summed E-state index contributed by atoms with van der Waals surface area (Å²) in [5.74, 6) is -2.05. The van der Waals surface area contributed by atoms with E-state index in [0.717, 1.165) is 0 Å². The lowest BCUT2D eigenvalue weighted by Crippen LogP contribution is -2.34. The Hall–Kier alpha value is -3.92. The van der Waals surface area contributed by atoms with E-state index >= 15 is 0 Å². The van der Waals surface area contributed by atoms with Gasteiger partial charge in [0.2, 0.25) is 0 Å². The van der Waals surface area contributed by atoms with Crippen LogP contribution in [0.4, 0.5) is 10.1 Å². The lowest BCUT2D eigenvalue weighted by molar-refractivity contribution is -0.137. The van der Waals surface area contributed by atoms with Gasteiger partial charge in [-0.15, -0.1) is 0 Å². The number of halogens is 1. The fourth-order valence-corrected chi connectivity index (χ4v) is 3.93. The van der Waals surface area contributed by atoms with E-state index in [1.165, 1.54) is 18.2 Å². The Morgan fingerprint density at radius 1 is 1.23 bits per heavy atom. The number of aryl methyl sites for hydroxylation is 1. The summed E-state index contributed by atoms with van der Waals surface area (Å²) in [5.41, 5.74) is 3.56. The zero-order chi connectivity index (χ0) is 29.5. The minimum atomic E-state index is -0.923. The Bertz CT molecular complexity index is 1190. The molecule has 0 bridgehead atoms. The van der Waals surface area contributed by atoms with E-state index in [1.807, 2.05) is 40.1 Å². The molecule has 0 radical (unpaired) electrons. The molecule has 1 aliphatic heterocycles. The molecule has 214 valence electrons. The van der Waals surface area contributed by atoms with E-state index in [0.29, 0.717) is 45.9 Å². The fourth-order valence-electron chi connectivity index (χ4n) is 3.93. The number of benzene rings is 1. The van der Waals surface area contributed by atoms with Gasteiger partial charge in [0.1, 0.15) is 5.82 Å². The van der Waals surface area contributed by atoms with Crippen LogP contribution in [0.5, 0.6) is 0 Å².